The summed E-state index contributed by atoms with van der Waals surface area (Å²) in [6, 6.07) is 0. The third kappa shape index (κ3) is 36.1. The zero-order chi connectivity index (χ0) is 15.7. The van der Waals surface area contributed by atoms with Crippen LogP contribution in [0, 0.1) is 0 Å². The molecule has 2 N–H and O–H groups in total. The molecule has 0 aliphatic heterocycles. The second kappa shape index (κ2) is 16.9. The number of unbranched alkanes of at least 4 members (excludes halogenated alkanes) is 12. The Bertz CT molecular complexity index is 243. The van der Waals surface area contributed by atoms with Crippen LogP contribution in [-0.4, -0.2) is 17.5 Å². The molecule has 0 amide bonds. The minimum absolute atomic E-state index is 1.37. The van der Waals surface area contributed by atoms with Crippen molar-refractivity contribution in [2.45, 2.75) is 97.3 Å². The molecule has 0 fully saturated rings. The van der Waals surface area contributed by atoms with Gasteiger partial charge in [-0.05, 0) is 0 Å². The fourth-order valence-electron chi connectivity index (χ4n) is 2.09. The zero-order valence-corrected chi connectivity index (χ0v) is 14.1. The van der Waals surface area contributed by atoms with Crippen molar-refractivity contribution in [1.29, 1.82) is 0 Å². The fourth-order valence-corrected chi connectivity index (χ4v) is 2.09. The molecule has 0 aliphatic carbocycles. The number of rotatable bonds is 12. The lowest BCUT2D eigenvalue weighted by atomic mass is 10.1. The van der Waals surface area contributed by atoms with Crippen molar-refractivity contribution in [2.24, 2.45) is 0 Å². The van der Waals surface area contributed by atoms with Gasteiger partial charge in [-0.15, -0.1) is 0 Å². The van der Waals surface area contributed by atoms with Gasteiger partial charge in [-0.2, -0.15) is 8.42 Å². The molecule has 0 saturated heterocycles. The highest BCUT2D eigenvalue weighted by Crippen LogP contribution is 2.12. The predicted molar refractivity (Wildman–Crippen MR) is 85.5 cm³/mol. The lowest BCUT2D eigenvalue weighted by Crippen LogP contribution is -1.89. The van der Waals surface area contributed by atoms with Crippen molar-refractivity contribution in [2.75, 3.05) is 0 Å². The Hall–Kier alpha value is -0.130. The molecule has 0 bridgehead atoms. The van der Waals surface area contributed by atoms with Crippen LogP contribution >= 0.6 is 0 Å². The van der Waals surface area contributed by atoms with Crippen LogP contribution in [0.25, 0.3) is 0 Å². The van der Waals surface area contributed by atoms with E-state index in [4.69, 9.17) is 17.5 Å². The molecule has 0 aliphatic rings. The Morgan fingerprint density at radius 3 is 0.850 bits per heavy atom. The first-order chi connectivity index (χ1) is 9.41. The molecule has 0 aromatic heterocycles. The Balaban J connectivity index is 0. The molecule has 0 saturated carbocycles. The molecule has 0 spiro atoms. The van der Waals surface area contributed by atoms with Crippen LogP contribution in [0.15, 0.2) is 0 Å². The van der Waals surface area contributed by atoms with Crippen molar-refractivity contribution < 1.29 is 17.5 Å². The molecule has 0 heterocycles. The monoisotopic (exact) mass is 310 g/mol. The van der Waals surface area contributed by atoms with E-state index in [1.54, 1.807) is 0 Å². The summed E-state index contributed by atoms with van der Waals surface area (Å²) in [5, 5.41) is 0. The average Bonchev–Trinajstić information content (AvgIpc) is 2.34. The quantitative estimate of drug-likeness (QED) is 0.371. The Labute approximate surface area is 125 Å². The normalized spacial score (nSPS) is 11.0. The lowest BCUT2D eigenvalue weighted by molar-refractivity contribution is 0.381. The molecule has 0 aromatic carbocycles. The SMILES string of the molecule is CCCCCCCCCCCCCCC.O=S(=O)(O)O. The standard InChI is InChI=1S/C15H32.H2O4S/c1-3-5-7-9-11-13-15-14-12-10-8-6-4-2;1-5(2,3)4/h3-15H2,1-2H3;(H2,1,2,3,4). The van der Waals surface area contributed by atoms with Gasteiger partial charge in [-0.1, -0.05) is 97.3 Å². The minimum atomic E-state index is -4.67. The maximum atomic E-state index is 8.74. The van der Waals surface area contributed by atoms with Gasteiger partial charge in [0, 0.05) is 0 Å². The van der Waals surface area contributed by atoms with Crippen molar-refractivity contribution in [3.8, 4) is 0 Å². The van der Waals surface area contributed by atoms with Gasteiger partial charge in [-0.3, -0.25) is 9.11 Å². The van der Waals surface area contributed by atoms with E-state index in [-0.39, 0.29) is 0 Å². The second-order valence-electron chi connectivity index (χ2n) is 5.34. The summed E-state index contributed by atoms with van der Waals surface area (Å²) in [6.45, 7) is 4.58. The molecule has 0 atom stereocenters. The van der Waals surface area contributed by atoms with E-state index < -0.39 is 10.4 Å². The molecule has 20 heavy (non-hydrogen) atoms. The molecule has 0 radical (unpaired) electrons. The van der Waals surface area contributed by atoms with E-state index in [0.717, 1.165) is 0 Å². The van der Waals surface area contributed by atoms with Crippen LogP contribution in [0.3, 0.4) is 0 Å². The van der Waals surface area contributed by atoms with E-state index in [0.29, 0.717) is 0 Å². The first-order valence-corrected chi connectivity index (χ1v) is 9.51. The summed E-state index contributed by atoms with van der Waals surface area (Å²) < 4.78 is 31.6. The molecule has 5 heteroatoms. The van der Waals surface area contributed by atoms with Crippen molar-refractivity contribution in [1.82, 2.24) is 0 Å². The summed E-state index contributed by atoms with van der Waals surface area (Å²) in [4.78, 5) is 0. The summed E-state index contributed by atoms with van der Waals surface area (Å²) in [5.74, 6) is 0. The maximum absolute atomic E-state index is 8.74. The molecule has 0 rings (SSSR count). The minimum Gasteiger partial charge on any atom is -0.264 e. The maximum Gasteiger partial charge on any atom is 0.394 e. The summed E-state index contributed by atoms with van der Waals surface area (Å²) >= 11 is 0. The largest absolute Gasteiger partial charge is 0.394 e. The van der Waals surface area contributed by atoms with Gasteiger partial charge in [0.05, 0.1) is 0 Å². The fraction of sp³-hybridized carbons (Fsp3) is 1.00. The highest BCUT2D eigenvalue weighted by Gasteiger charge is 1.92. The van der Waals surface area contributed by atoms with Gasteiger partial charge < -0.3 is 0 Å². The van der Waals surface area contributed by atoms with Gasteiger partial charge in [0.2, 0.25) is 0 Å². The van der Waals surface area contributed by atoms with Gasteiger partial charge >= 0.3 is 10.4 Å². The highest BCUT2D eigenvalue weighted by atomic mass is 32.3. The smallest absolute Gasteiger partial charge is 0.264 e. The Morgan fingerprint density at radius 1 is 0.550 bits per heavy atom. The highest BCUT2D eigenvalue weighted by molar-refractivity contribution is 7.79. The van der Waals surface area contributed by atoms with E-state index in [9.17, 15) is 0 Å². The van der Waals surface area contributed by atoms with Crippen LogP contribution in [0.1, 0.15) is 97.3 Å². The number of hydrogen-bond acceptors (Lipinski definition) is 2. The van der Waals surface area contributed by atoms with Gasteiger partial charge in [0.15, 0.2) is 0 Å². The molecular weight excluding hydrogens is 276 g/mol. The van der Waals surface area contributed by atoms with E-state index >= 15 is 0 Å². The van der Waals surface area contributed by atoms with Crippen LogP contribution in [0.2, 0.25) is 0 Å². The van der Waals surface area contributed by atoms with Gasteiger partial charge in [-0.25, -0.2) is 0 Å². The molecule has 124 valence electrons. The first kappa shape index (κ1) is 22.2. The second-order valence-corrected chi connectivity index (χ2v) is 6.23. The van der Waals surface area contributed by atoms with Crippen LogP contribution < -0.4 is 0 Å². The molecule has 4 nitrogen and oxygen atoms in total. The third-order valence-electron chi connectivity index (χ3n) is 3.21. The van der Waals surface area contributed by atoms with E-state index in [2.05, 4.69) is 13.8 Å². The molecule has 0 unspecified atom stereocenters. The Kier molecular flexibility index (Phi) is 18.7. The predicted octanol–water partition coefficient (Wildman–Crippen LogP) is 5.44. The summed E-state index contributed by atoms with van der Waals surface area (Å²) in [6.07, 6.45) is 18.9. The average molecular weight is 310 g/mol. The summed E-state index contributed by atoms with van der Waals surface area (Å²) in [7, 11) is -4.67. The van der Waals surface area contributed by atoms with Crippen LogP contribution in [0.5, 0.6) is 0 Å². The van der Waals surface area contributed by atoms with Gasteiger partial charge in [0.1, 0.15) is 0 Å². The van der Waals surface area contributed by atoms with Gasteiger partial charge in [0.25, 0.3) is 0 Å². The zero-order valence-electron chi connectivity index (χ0n) is 13.3. The Morgan fingerprint density at radius 2 is 0.700 bits per heavy atom. The van der Waals surface area contributed by atoms with E-state index in [1.807, 2.05) is 0 Å². The summed E-state index contributed by atoms with van der Waals surface area (Å²) in [5.41, 5.74) is 0. The number of hydrogen-bond donors (Lipinski definition) is 2. The van der Waals surface area contributed by atoms with Crippen LogP contribution in [-0.2, 0) is 10.4 Å². The van der Waals surface area contributed by atoms with Crippen LogP contribution in [0.4, 0.5) is 0 Å². The van der Waals surface area contributed by atoms with Crippen molar-refractivity contribution >= 4 is 10.4 Å². The first-order valence-electron chi connectivity index (χ1n) is 8.11. The molecule has 0 aromatic rings. The van der Waals surface area contributed by atoms with Crippen molar-refractivity contribution in [3.05, 3.63) is 0 Å². The molecular formula is C15H34O4S. The van der Waals surface area contributed by atoms with Crippen molar-refractivity contribution in [3.63, 3.8) is 0 Å². The lowest BCUT2D eigenvalue weighted by Gasteiger charge is -2.01. The third-order valence-corrected chi connectivity index (χ3v) is 3.21. The topological polar surface area (TPSA) is 74.6 Å². The van der Waals surface area contributed by atoms with E-state index in [1.165, 1.54) is 83.5 Å².